The average Bonchev–Trinajstić information content (AvgIpc) is 2.56. The summed E-state index contributed by atoms with van der Waals surface area (Å²) < 4.78 is 8.57. The maximum absolute atomic E-state index is 9.28. The molecule has 1 nitrogen and oxygen atoms in total. The molecular weight excluding hydrogens is 244 g/mol. The number of aliphatic hydroxyl groups is 1. The van der Waals surface area contributed by atoms with Crippen molar-refractivity contribution in [2.75, 3.05) is 6.61 Å². The lowest BCUT2D eigenvalue weighted by Gasteiger charge is -2.17. The molecule has 20 heavy (non-hydrogen) atoms. The number of allylic oxidation sites excluding steroid dienone is 2. The fourth-order valence-electron chi connectivity index (χ4n) is 2.19. The average molecular weight is 265 g/mol. The maximum Gasteiger partial charge on any atom is 0.0632 e. The molecule has 0 saturated heterocycles. The quantitative estimate of drug-likeness (QED) is 0.606. The second-order valence-corrected chi connectivity index (χ2v) is 4.63. The smallest absolute Gasteiger partial charge is 0.0632 e. The van der Waals surface area contributed by atoms with Crippen LogP contribution in [-0.4, -0.2) is 11.7 Å². The lowest BCUT2D eigenvalue weighted by Crippen LogP contribution is -2.03. The standard InChI is InChI=1S/C19H20O/c1-2-17(13-14-20)19(18-11-7-4-8-12-18)15-16-9-5-3-6-10-16/h2-12,15,17,20H,1,13-14H2/b19-15-/t17-/m1/s1/i15D. The molecule has 0 radical (unpaired) electrons. The zero-order valence-corrected chi connectivity index (χ0v) is 11.5. The molecule has 0 aliphatic heterocycles. The monoisotopic (exact) mass is 265 g/mol. The second kappa shape index (κ2) is 7.46. The molecule has 0 aromatic heterocycles. The molecule has 0 saturated carbocycles. The number of hydrogen-bond acceptors (Lipinski definition) is 1. The minimum Gasteiger partial charge on any atom is -0.396 e. The minimum atomic E-state index is -0.0369. The van der Waals surface area contributed by atoms with Gasteiger partial charge in [-0.15, -0.1) is 6.58 Å². The van der Waals surface area contributed by atoms with Crippen molar-refractivity contribution < 1.29 is 6.48 Å². The van der Waals surface area contributed by atoms with Crippen molar-refractivity contribution in [3.63, 3.8) is 0 Å². The van der Waals surface area contributed by atoms with Crippen LogP contribution in [0.1, 0.15) is 18.9 Å². The summed E-state index contributed by atoms with van der Waals surface area (Å²) in [6.45, 7) is 3.95. The zero-order chi connectivity index (χ0) is 15.1. The first-order chi connectivity index (χ1) is 10.3. The third-order valence-electron chi connectivity index (χ3n) is 3.23. The Balaban J connectivity index is 2.57. The van der Waals surface area contributed by atoms with Crippen LogP contribution in [0.3, 0.4) is 0 Å². The second-order valence-electron chi connectivity index (χ2n) is 4.63. The molecule has 0 fully saturated rings. The van der Waals surface area contributed by atoms with Crippen LogP contribution in [-0.2, 0) is 0 Å². The third kappa shape index (κ3) is 3.69. The van der Waals surface area contributed by atoms with Gasteiger partial charge in [-0.25, -0.2) is 0 Å². The summed E-state index contributed by atoms with van der Waals surface area (Å²) in [5, 5.41) is 9.28. The fraction of sp³-hybridized carbons (Fsp3) is 0.158. The summed E-state index contributed by atoms with van der Waals surface area (Å²) in [6, 6.07) is 20.1. The number of rotatable bonds is 6. The van der Waals surface area contributed by atoms with Gasteiger partial charge in [-0.2, -0.15) is 0 Å². The first-order valence-corrected chi connectivity index (χ1v) is 6.83. The predicted molar refractivity (Wildman–Crippen MR) is 86.1 cm³/mol. The van der Waals surface area contributed by atoms with E-state index in [2.05, 4.69) is 6.58 Å². The molecule has 0 heterocycles. The molecule has 102 valence electrons. The molecule has 1 heteroatoms. The number of benzene rings is 2. The van der Waals surface area contributed by atoms with E-state index < -0.39 is 0 Å². The van der Waals surface area contributed by atoms with E-state index in [4.69, 9.17) is 1.37 Å². The highest BCUT2D eigenvalue weighted by Gasteiger charge is 2.12. The van der Waals surface area contributed by atoms with Gasteiger partial charge in [0.25, 0.3) is 0 Å². The first kappa shape index (κ1) is 12.9. The Hall–Kier alpha value is -2.12. The topological polar surface area (TPSA) is 20.2 Å². The lowest BCUT2D eigenvalue weighted by atomic mass is 9.88. The number of hydrogen-bond donors (Lipinski definition) is 1. The van der Waals surface area contributed by atoms with Gasteiger partial charge in [0.1, 0.15) is 0 Å². The van der Waals surface area contributed by atoms with Crippen LogP contribution in [0.2, 0.25) is 0 Å². The molecule has 0 unspecified atom stereocenters. The van der Waals surface area contributed by atoms with E-state index in [1.807, 2.05) is 66.7 Å². The molecule has 0 bridgehead atoms. The third-order valence-corrected chi connectivity index (χ3v) is 3.23. The van der Waals surface area contributed by atoms with Crippen LogP contribution in [0.5, 0.6) is 0 Å². The Morgan fingerprint density at radius 2 is 1.70 bits per heavy atom. The van der Waals surface area contributed by atoms with E-state index >= 15 is 0 Å². The molecule has 2 aromatic rings. The Kier molecular flexibility index (Phi) is 4.81. The minimum absolute atomic E-state index is 0.0369. The molecule has 0 amide bonds. The summed E-state index contributed by atoms with van der Waals surface area (Å²) in [7, 11) is 0. The van der Waals surface area contributed by atoms with Crippen LogP contribution in [0.4, 0.5) is 0 Å². The van der Waals surface area contributed by atoms with Crippen LogP contribution in [0.25, 0.3) is 11.6 Å². The van der Waals surface area contributed by atoms with Crippen molar-refractivity contribution in [2.45, 2.75) is 6.42 Å². The van der Waals surface area contributed by atoms with Gasteiger partial charge in [-0.1, -0.05) is 72.8 Å². The summed E-state index contributed by atoms with van der Waals surface area (Å²) >= 11 is 0. The Labute approximate surface area is 122 Å². The van der Waals surface area contributed by atoms with Gasteiger partial charge in [0.2, 0.25) is 0 Å². The van der Waals surface area contributed by atoms with Gasteiger partial charge in [0.05, 0.1) is 1.37 Å². The van der Waals surface area contributed by atoms with E-state index in [1.165, 1.54) is 0 Å². The number of aliphatic hydroxyl groups excluding tert-OH is 1. The highest BCUT2D eigenvalue weighted by Crippen LogP contribution is 2.29. The highest BCUT2D eigenvalue weighted by molar-refractivity contribution is 5.83. The van der Waals surface area contributed by atoms with Crippen molar-refractivity contribution in [1.29, 1.82) is 0 Å². The van der Waals surface area contributed by atoms with Crippen molar-refractivity contribution in [2.24, 2.45) is 5.92 Å². The molecule has 2 aromatic carbocycles. The van der Waals surface area contributed by atoms with E-state index in [0.717, 1.165) is 16.7 Å². The SMILES string of the molecule is [2H]/C(=C(/c1ccccc1)[C@H](C=C)CCO)c1ccccc1. The Morgan fingerprint density at radius 1 is 1.10 bits per heavy atom. The molecular formula is C19H20O. The highest BCUT2D eigenvalue weighted by atomic mass is 16.3. The van der Waals surface area contributed by atoms with Crippen LogP contribution in [0, 0.1) is 5.92 Å². The molecule has 1 atom stereocenters. The van der Waals surface area contributed by atoms with Gasteiger partial charge < -0.3 is 5.11 Å². The largest absolute Gasteiger partial charge is 0.396 e. The molecule has 0 spiro atoms. The van der Waals surface area contributed by atoms with Crippen molar-refractivity contribution in [1.82, 2.24) is 0 Å². The van der Waals surface area contributed by atoms with Gasteiger partial charge >= 0.3 is 0 Å². The van der Waals surface area contributed by atoms with Crippen molar-refractivity contribution in [3.8, 4) is 0 Å². The lowest BCUT2D eigenvalue weighted by molar-refractivity contribution is 0.280. The Bertz CT molecular complexity index is 602. The van der Waals surface area contributed by atoms with E-state index in [-0.39, 0.29) is 12.5 Å². The summed E-state index contributed by atoms with van der Waals surface area (Å²) in [6.07, 6.45) is 2.39. The molecule has 0 aliphatic rings. The summed E-state index contributed by atoms with van der Waals surface area (Å²) in [5.41, 5.74) is 2.79. The molecule has 0 aliphatic carbocycles. The summed E-state index contributed by atoms with van der Waals surface area (Å²) in [4.78, 5) is 0. The molecule has 2 rings (SSSR count). The van der Waals surface area contributed by atoms with E-state index in [1.54, 1.807) is 0 Å². The van der Waals surface area contributed by atoms with E-state index in [0.29, 0.717) is 12.5 Å². The van der Waals surface area contributed by atoms with Gasteiger partial charge in [-0.05, 0) is 23.1 Å². The maximum atomic E-state index is 9.28. The Morgan fingerprint density at radius 3 is 2.25 bits per heavy atom. The van der Waals surface area contributed by atoms with Gasteiger partial charge in [0, 0.05) is 12.5 Å². The van der Waals surface area contributed by atoms with Gasteiger partial charge in [0.15, 0.2) is 0 Å². The predicted octanol–water partition coefficient (Wildman–Crippen LogP) is 4.41. The van der Waals surface area contributed by atoms with Crippen molar-refractivity contribution >= 4 is 11.6 Å². The van der Waals surface area contributed by atoms with E-state index in [9.17, 15) is 5.11 Å². The van der Waals surface area contributed by atoms with Crippen molar-refractivity contribution in [3.05, 3.63) is 84.4 Å². The zero-order valence-electron chi connectivity index (χ0n) is 12.5. The normalized spacial score (nSPS) is 14.2. The first-order valence-electron chi connectivity index (χ1n) is 7.33. The van der Waals surface area contributed by atoms with Crippen LogP contribution >= 0.6 is 0 Å². The van der Waals surface area contributed by atoms with Gasteiger partial charge in [-0.3, -0.25) is 0 Å². The van der Waals surface area contributed by atoms with Crippen LogP contribution in [0.15, 0.2) is 73.3 Å². The van der Waals surface area contributed by atoms with Crippen LogP contribution < -0.4 is 0 Å². The fourth-order valence-corrected chi connectivity index (χ4v) is 2.19. The summed E-state index contributed by atoms with van der Waals surface area (Å²) in [5.74, 6) is -0.0369. The molecule has 1 N–H and O–H groups in total.